The quantitative estimate of drug-likeness (QED) is 0.558. The molecule has 16 heavy (non-hydrogen) atoms. The summed E-state index contributed by atoms with van der Waals surface area (Å²) in [5.41, 5.74) is 0.646. The summed E-state index contributed by atoms with van der Waals surface area (Å²) in [5.74, 6) is -1.42. The van der Waals surface area contributed by atoms with E-state index in [1.54, 1.807) is 6.07 Å². The number of hydrogen-bond acceptors (Lipinski definition) is 4. The van der Waals surface area contributed by atoms with Gasteiger partial charge in [-0.15, -0.1) is 0 Å². The second-order valence-corrected chi connectivity index (χ2v) is 3.61. The van der Waals surface area contributed by atoms with E-state index >= 15 is 0 Å². The van der Waals surface area contributed by atoms with E-state index in [2.05, 4.69) is 0 Å². The molecule has 0 amide bonds. The Labute approximate surface area is 92.6 Å². The molecule has 1 aromatic carbocycles. The highest BCUT2D eigenvalue weighted by Gasteiger charge is 2.09. The van der Waals surface area contributed by atoms with Gasteiger partial charge in [0.05, 0.1) is 6.10 Å². The van der Waals surface area contributed by atoms with Crippen LogP contribution in [0.2, 0.25) is 0 Å². The van der Waals surface area contributed by atoms with Crippen LogP contribution in [0.1, 0.15) is 18.4 Å². The molecule has 88 valence electrons. The molecule has 0 aromatic heterocycles. The zero-order chi connectivity index (χ0) is 12.1. The van der Waals surface area contributed by atoms with Crippen molar-refractivity contribution in [2.45, 2.75) is 25.4 Å². The summed E-state index contributed by atoms with van der Waals surface area (Å²) in [7, 11) is 0. The van der Waals surface area contributed by atoms with Gasteiger partial charge in [0, 0.05) is 6.42 Å². The molecule has 5 heteroatoms. The molecular formula is C11H14O5. The number of carbonyl (C=O) groups is 1. The molecule has 0 spiro atoms. The van der Waals surface area contributed by atoms with Crippen molar-refractivity contribution in [3.05, 3.63) is 23.8 Å². The van der Waals surface area contributed by atoms with Crippen molar-refractivity contribution in [3.8, 4) is 11.5 Å². The Morgan fingerprint density at radius 3 is 2.50 bits per heavy atom. The Morgan fingerprint density at radius 1 is 1.25 bits per heavy atom. The molecule has 0 unspecified atom stereocenters. The number of phenols is 2. The fourth-order valence-electron chi connectivity index (χ4n) is 1.36. The predicted molar refractivity (Wildman–Crippen MR) is 56.4 cm³/mol. The summed E-state index contributed by atoms with van der Waals surface area (Å²) in [6, 6.07) is 4.24. The fourth-order valence-corrected chi connectivity index (χ4v) is 1.36. The minimum Gasteiger partial charge on any atom is -0.504 e. The Morgan fingerprint density at radius 2 is 1.94 bits per heavy atom. The van der Waals surface area contributed by atoms with Gasteiger partial charge in [0.25, 0.3) is 0 Å². The normalized spacial score (nSPS) is 12.3. The van der Waals surface area contributed by atoms with Crippen molar-refractivity contribution in [2.24, 2.45) is 0 Å². The van der Waals surface area contributed by atoms with Crippen molar-refractivity contribution in [2.75, 3.05) is 0 Å². The van der Waals surface area contributed by atoms with Crippen molar-refractivity contribution in [3.63, 3.8) is 0 Å². The Bertz CT molecular complexity index is 375. The van der Waals surface area contributed by atoms with E-state index < -0.39 is 12.1 Å². The summed E-state index contributed by atoms with van der Waals surface area (Å²) in [6.45, 7) is 0. The molecule has 0 saturated carbocycles. The zero-order valence-corrected chi connectivity index (χ0v) is 8.63. The Balaban J connectivity index is 2.52. The van der Waals surface area contributed by atoms with Crippen LogP contribution in [-0.2, 0) is 11.2 Å². The molecule has 0 aliphatic carbocycles. The SMILES string of the molecule is O=C(O)CC[C@@H](O)Cc1ccc(O)c(O)c1. The molecule has 0 aliphatic heterocycles. The number of aliphatic hydroxyl groups is 1. The lowest BCUT2D eigenvalue weighted by Gasteiger charge is -2.09. The number of carboxylic acid groups (broad SMARTS) is 1. The number of carboxylic acids is 1. The molecule has 1 aromatic rings. The second kappa shape index (κ2) is 5.37. The van der Waals surface area contributed by atoms with Crippen molar-refractivity contribution >= 4 is 5.97 Å². The van der Waals surface area contributed by atoms with Crippen LogP contribution in [0.15, 0.2) is 18.2 Å². The number of rotatable bonds is 5. The van der Waals surface area contributed by atoms with Gasteiger partial charge in [0.1, 0.15) is 0 Å². The van der Waals surface area contributed by atoms with E-state index in [0.717, 1.165) is 0 Å². The summed E-state index contributed by atoms with van der Waals surface area (Å²) >= 11 is 0. The number of benzene rings is 1. The fraction of sp³-hybridized carbons (Fsp3) is 0.364. The first-order chi connectivity index (χ1) is 7.49. The Hall–Kier alpha value is -1.75. The largest absolute Gasteiger partial charge is 0.504 e. The van der Waals surface area contributed by atoms with Crippen molar-refractivity contribution in [1.29, 1.82) is 0 Å². The molecule has 1 rings (SSSR count). The van der Waals surface area contributed by atoms with Crippen LogP contribution in [-0.4, -0.2) is 32.5 Å². The molecule has 1 atom stereocenters. The van der Waals surface area contributed by atoms with Gasteiger partial charge in [-0.25, -0.2) is 0 Å². The average Bonchev–Trinajstić information content (AvgIpc) is 2.21. The van der Waals surface area contributed by atoms with E-state index in [1.165, 1.54) is 12.1 Å². The van der Waals surface area contributed by atoms with Crippen LogP contribution in [0.25, 0.3) is 0 Å². The summed E-state index contributed by atoms with van der Waals surface area (Å²) in [6.07, 6.45) is -0.441. The summed E-state index contributed by atoms with van der Waals surface area (Å²) in [4.78, 5) is 10.3. The van der Waals surface area contributed by atoms with Gasteiger partial charge in [-0.1, -0.05) is 6.07 Å². The van der Waals surface area contributed by atoms with Crippen LogP contribution >= 0.6 is 0 Å². The lowest BCUT2D eigenvalue weighted by molar-refractivity contribution is -0.137. The number of hydrogen-bond donors (Lipinski definition) is 4. The van der Waals surface area contributed by atoms with Gasteiger partial charge < -0.3 is 20.4 Å². The third kappa shape index (κ3) is 3.78. The minimum absolute atomic E-state index is 0.0920. The Kier molecular flexibility index (Phi) is 4.13. The highest BCUT2D eigenvalue weighted by molar-refractivity contribution is 5.66. The summed E-state index contributed by atoms with van der Waals surface area (Å²) in [5, 5.41) is 36.2. The van der Waals surface area contributed by atoms with Crippen LogP contribution in [0.5, 0.6) is 11.5 Å². The molecular weight excluding hydrogens is 212 g/mol. The van der Waals surface area contributed by atoms with Gasteiger partial charge in [-0.3, -0.25) is 4.79 Å². The molecule has 0 heterocycles. The highest BCUT2D eigenvalue weighted by Crippen LogP contribution is 2.25. The molecule has 0 aliphatic rings. The molecule has 0 fully saturated rings. The number of phenolic OH excluding ortho intramolecular Hbond substituents is 2. The molecule has 0 radical (unpaired) electrons. The van der Waals surface area contributed by atoms with Gasteiger partial charge in [0.15, 0.2) is 11.5 Å². The van der Waals surface area contributed by atoms with E-state index in [9.17, 15) is 15.0 Å². The van der Waals surface area contributed by atoms with Gasteiger partial charge in [-0.05, 0) is 30.5 Å². The minimum atomic E-state index is -0.951. The van der Waals surface area contributed by atoms with Crippen LogP contribution in [0.3, 0.4) is 0 Å². The average molecular weight is 226 g/mol. The third-order valence-electron chi connectivity index (χ3n) is 2.20. The molecule has 0 bridgehead atoms. The first kappa shape index (κ1) is 12.3. The smallest absolute Gasteiger partial charge is 0.303 e. The van der Waals surface area contributed by atoms with E-state index in [0.29, 0.717) is 5.56 Å². The lowest BCUT2D eigenvalue weighted by Crippen LogP contribution is -2.12. The molecule has 0 saturated heterocycles. The lowest BCUT2D eigenvalue weighted by atomic mass is 10.0. The first-order valence-corrected chi connectivity index (χ1v) is 4.89. The first-order valence-electron chi connectivity index (χ1n) is 4.89. The maximum absolute atomic E-state index is 10.3. The second-order valence-electron chi connectivity index (χ2n) is 3.61. The van der Waals surface area contributed by atoms with Crippen LogP contribution in [0, 0.1) is 0 Å². The maximum atomic E-state index is 10.3. The number of aliphatic hydroxyl groups excluding tert-OH is 1. The van der Waals surface area contributed by atoms with Crippen molar-refractivity contribution in [1.82, 2.24) is 0 Å². The molecule has 4 N–H and O–H groups in total. The molecule has 5 nitrogen and oxygen atoms in total. The van der Waals surface area contributed by atoms with E-state index in [-0.39, 0.29) is 30.8 Å². The van der Waals surface area contributed by atoms with Crippen LogP contribution < -0.4 is 0 Å². The standard InChI is InChI=1S/C11H14O5/c12-8(2-4-11(15)16)5-7-1-3-9(13)10(14)6-7/h1,3,6,8,12-14H,2,4-5H2,(H,15,16)/t8-/m1/s1. The number of aromatic hydroxyl groups is 2. The van der Waals surface area contributed by atoms with Crippen LogP contribution in [0.4, 0.5) is 0 Å². The maximum Gasteiger partial charge on any atom is 0.303 e. The third-order valence-corrected chi connectivity index (χ3v) is 2.20. The zero-order valence-electron chi connectivity index (χ0n) is 8.63. The van der Waals surface area contributed by atoms with Gasteiger partial charge in [0.2, 0.25) is 0 Å². The summed E-state index contributed by atoms with van der Waals surface area (Å²) < 4.78 is 0. The van der Waals surface area contributed by atoms with E-state index in [1.807, 2.05) is 0 Å². The highest BCUT2D eigenvalue weighted by atomic mass is 16.4. The van der Waals surface area contributed by atoms with Gasteiger partial charge >= 0.3 is 5.97 Å². The topological polar surface area (TPSA) is 98.0 Å². The van der Waals surface area contributed by atoms with E-state index in [4.69, 9.17) is 10.2 Å². The monoisotopic (exact) mass is 226 g/mol. The van der Waals surface area contributed by atoms with Gasteiger partial charge in [-0.2, -0.15) is 0 Å². The number of aliphatic carboxylic acids is 1. The predicted octanol–water partition coefficient (Wildman–Crippen LogP) is 0.866. The van der Waals surface area contributed by atoms with Crippen molar-refractivity contribution < 1.29 is 25.2 Å².